The predicted octanol–water partition coefficient (Wildman–Crippen LogP) is 3.35. The summed E-state index contributed by atoms with van der Waals surface area (Å²) in [5, 5.41) is 0. The van der Waals surface area contributed by atoms with Crippen molar-refractivity contribution in [3.8, 4) is 0 Å². The molecule has 0 N–H and O–H groups in total. The highest BCUT2D eigenvalue weighted by atomic mass is 16.1. The van der Waals surface area contributed by atoms with Gasteiger partial charge in [-0.05, 0) is 29.0 Å². The summed E-state index contributed by atoms with van der Waals surface area (Å²) in [6, 6.07) is 6.27. The van der Waals surface area contributed by atoms with Gasteiger partial charge in [0.1, 0.15) is 5.78 Å². The lowest BCUT2D eigenvalue weighted by Gasteiger charge is -2.15. The Labute approximate surface area is 114 Å². The van der Waals surface area contributed by atoms with Crippen molar-refractivity contribution in [2.24, 2.45) is 10.9 Å². The molecule has 1 aliphatic heterocycles. The summed E-state index contributed by atoms with van der Waals surface area (Å²) >= 11 is 0. The normalized spacial score (nSPS) is 18.5. The minimum absolute atomic E-state index is 0.419. The van der Waals surface area contributed by atoms with Crippen LogP contribution in [0.15, 0.2) is 23.2 Å². The van der Waals surface area contributed by atoms with Gasteiger partial charge in [0.05, 0.1) is 0 Å². The zero-order valence-corrected chi connectivity index (χ0v) is 11.4. The Kier molecular flexibility index (Phi) is 3.77. The first-order chi connectivity index (χ1) is 9.33. The van der Waals surface area contributed by atoms with Crippen LogP contribution >= 0.6 is 0 Å². The van der Waals surface area contributed by atoms with Crippen molar-refractivity contribution in [3.05, 3.63) is 34.9 Å². The summed E-state index contributed by atoms with van der Waals surface area (Å²) in [7, 11) is 0. The average molecular weight is 255 g/mol. The van der Waals surface area contributed by atoms with Crippen LogP contribution in [-0.2, 0) is 17.6 Å². The van der Waals surface area contributed by atoms with Crippen LogP contribution in [0.5, 0.6) is 0 Å². The number of carbonyl (C=O) groups excluding carboxylic acids is 1. The minimum atomic E-state index is 0.419. The van der Waals surface area contributed by atoms with Gasteiger partial charge in [0.2, 0.25) is 0 Å². The van der Waals surface area contributed by atoms with E-state index in [1.807, 2.05) is 12.3 Å². The fraction of sp³-hybridized carbons (Fsp3) is 0.529. The second kappa shape index (κ2) is 5.68. The predicted molar refractivity (Wildman–Crippen MR) is 77.9 cm³/mol. The third-order valence-electron chi connectivity index (χ3n) is 4.41. The molecule has 0 atom stereocenters. The molecule has 1 aromatic rings. The van der Waals surface area contributed by atoms with Crippen molar-refractivity contribution in [2.45, 2.75) is 44.9 Å². The minimum Gasteiger partial charge on any atom is -0.299 e. The Balaban J connectivity index is 1.69. The molecule has 0 saturated heterocycles. The molecule has 100 valence electrons. The Morgan fingerprint density at radius 3 is 2.95 bits per heavy atom. The number of Topliss-reactive ketones (excluding diaryl/α,β-unsaturated/α-hetero) is 1. The molecule has 1 saturated carbocycles. The first kappa shape index (κ1) is 12.6. The fourth-order valence-electron chi connectivity index (χ4n) is 3.41. The molecule has 0 bridgehead atoms. The number of aliphatic imine (C=N–C) groups is 1. The van der Waals surface area contributed by atoms with Crippen LogP contribution in [0.1, 0.15) is 48.8 Å². The van der Waals surface area contributed by atoms with Crippen LogP contribution in [0.25, 0.3) is 0 Å². The highest BCUT2D eigenvalue weighted by Crippen LogP contribution is 2.28. The number of hydrogen-bond acceptors (Lipinski definition) is 2. The summed E-state index contributed by atoms with van der Waals surface area (Å²) in [6.07, 6.45) is 9.48. The van der Waals surface area contributed by atoms with E-state index in [0.29, 0.717) is 18.1 Å². The number of ketones is 1. The molecule has 3 rings (SSSR count). The Morgan fingerprint density at radius 2 is 2.11 bits per heavy atom. The van der Waals surface area contributed by atoms with Crippen LogP contribution in [0.3, 0.4) is 0 Å². The van der Waals surface area contributed by atoms with Gasteiger partial charge in [0, 0.05) is 25.6 Å². The van der Waals surface area contributed by atoms with Crippen LogP contribution in [0.2, 0.25) is 0 Å². The highest BCUT2D eigenvalue weighted by molar-refractivity contribution is 5.86. The number of rotatable bonds is 4. The Morgan fingerprint density at radius 1 is 1.26 bits per heavy atom. The van der Waals surface area contributed by atoms with Gasteiger partial charge in [-0.15, -0.1) is 0 Å². The summed E-state index contributed by atoms with van der Waals surface area (Å²) in [5.41, 5.74) is 3.78. The zero-order chi connectivity index (χ0) is 13.1. The molecule has 1 heterocycles. The third kappa shape index (κ3) is 2.94. The lowest BCUT2D eigenvalue weighted by atomic mass is 9.91. The Hall–Kier alpha value is -1.44. The number of nitrogens with zero attached hydrogens (tertiary/aromatic N) is 1. The van der Waals surface area contributed by atoms with Gasteiger partial charge in [0.15, 0.2) is 0 Å². The summed E-state index contributed by atoms with van der Waals surface area (Å²) in [6.45, 7) is 0.862. The number of benzene rings is 1. The van der Waals surface area contributed by atoms with Gasteiger partial charge in [-0.3, -0.25) is 9.79 Å². The van der Waals surface area contributed by atoms with Gasteiger partial charge in [-0.25, -0.2) is 0 Å². The number of carbonyl (C=O) groups is 1. The summed E-state index contributed by atoms with van der Waals surface area (Å²) in [4.78, 5) is 16.5. The van der Waals surface area contributed by atoms with E-state index in [0.717, 1.165) is 19.4 Å². The SMILES string of the molecule is O=C(Cc1cccc2c1CCN=C2)CC1CCCC1. The quantitative estimate of drug-likeness (QED) is 0.811. The summed E-state index contributed by atoms with van der Waals surface area (Å²) < 4.78 is 0. The lowest BCUT2D eigenvalue weighted by Crippen LogP contribution is -2.12. The molecule has 2 nitrogen and oxygen atoms in total. The van der Waals surface area contributed by atoms with Crippen molar-refractivity contribution in [3.63, 3.8) is 0 Å². The van der Waals surface area contributed by atoms with Crippen LogP contribution < -0.4 is 0 Å². The van der Waals surface area contributed by atoms with Crippen LogP contribution in [0, 0.1) is 5.92 Å². The smallest absolute Gasteiger partial charge is 0.137 e. The van der Waals surface area contributed by atoms with E-state index >= 15 is 0 Å². The van der Waals surface area contributed by atoms with E-state index in [9.17, 15) is 4.79 Å². The molecule has 0 aromatic heterocycles. The van der Waals surface area contributed by atoms with Crippen molar-refractivity contribution >= 4 is 12.0 Å². The largest absolute Gasteiger partial charge is 0.299 e. The maximum absolute atomic E-state index is 12.2. The van der Waals surface area contributed by atoms with Gasteiger partial charge < -0.3 is 0 Å². The van der Waals surface area contributed by atoms with E-state index in [1.54, 1.807) is 0 Å². The van der Waals surface area contributed by atoms with Gasteiger partial charge in [-0.1, -0.05) is 43.9 Å². The second-order valence-electron chi connectivity index (χ2n) is 5.84. The molecule has 19 heavy (non-hydrogen) atoms. The van der Waals surface area contributed by atoms with E-state index in [4.69, 9.17) is 0 Å². The third-order valence-corrected chi connectivity index (χ3v) is 4.41. The molecule has 0 radical (unpaired) electrons. The first-order valence-corrected chi connectivity index (χ1v) is 7.45. The van der Waals surface area contributed by atoms with Crippen molar-refractivity contribution in [2.75, 3.05) is 6.54 Å². The number of fused-ring (bicyclic) bond motifs is 1. The van der Waals surface area contributed by atoms with Crippen molar-refractivity contribution in [1.82, 2.24) is 0 Å². The molecule has 0 spiro atoms. The number of hydrogen-bond donors (Lipinski definition) is 0. The maximum Gasteiger partial charge on any atom is 0.137 e. The molecular formula is C17H21NO. The maximum atomic E-state index is 12.2. The van der Waals surface area contributed by atoms with E-state index in [1.165, 1.54) is 42.4 Å². The molecule has 0 unspecified atom stereocenters. The molecular weight excluding hydrogens is 234 g/mol. The van der Waals surface area contributed by atoms with Crippen molar-refractivity contribution in [1.29, 1.82) is 0 Å². The van der Waals surface area contributed by atoms with Crippen LogP contribution in [-0.4, -0.2) is 18.5 Å². The van der Waals surface area contributed by atoms with E-state index in [-0.39, 0.29) is 0 Å². The molecule has 1 fully saturated rings. The molecule has 1 aliphatic carbocycles. The van der Waals surface area contributed by atoms with E-state index < -0.39 is 0 Å². The second-order valence-corrected chi connectivity index (χ2v) is 5.84. The summed E-state index contributed by atoms with van der Waals surface area (Å²) in [5.74, 6) is 1.08. The Bertz CT molecular complexity index is 498. The van der Waals surface area contributed by atoms with Crippen LogP contribution in [0.4, 0.5) is 0 Å². The lowest BCUT2D eigenvalue weighted by molar-refractivity contribution is -0.119. The van der Waals surface area contributed by atoms with Gasteiger partial charge in [-0.2, -0.15) is 0 Å². The molecule has 2 aliphatic rings. The first-order valence-electron chi connectivity index (χ1n) is 7.45. The molecule has 1 aromatic carbocycles. The average Bonchev–Trinajstić information content (AvgIpc) is 2.92. The van der Waals surface area contributed by atoms with E-state index in [2.05, 4.69) is 17.1 Å². The topological polar surface area (TPSA) is 29.4 Å². The standard InChI is InChI=1S/C17H21NO/c19-16(10-13-4-1-2-5-13)11-14-6-3-7-15-12-18-9-8-17(14)15/h3,6-7,12-13H,1-2,4-5,8-11H2. The molecule has 0 amide bonds. The molecule has 2 heteroatoms. The van der Waals surface area contributed by atoms with Crippen molar-refractivity contribution < 1.29 is 4.79 Å². The zero-order valence-electron chi connectivity index (χ0n) is 11.4. The highest BCUT2D eigenvalue weighted by Gasteiger charge is 2.19. The monoisotopic (exact) mass is 255 g/mol. The van der Waals surface area contributed by atoms with Gasteiger partial charge >= 0.3 is 0 Å². The van der Waals surface area contributed by atoms with Gasteiger partial charge in [0.25, 0.3) is 0 Å². The fourth-order valence-corrected chi connectivity index (χ4v) is 3.41.